The first kappa shape index (κ1) is 18.1. The van der Waals surface area contributed by atoms with Crippen molar-refractivity contribution in [3.05, 3.63) is 58.9 Å². The maximum Gasteiger partial charge on any atom is 0.270 e. The number of hydrogen-bond acceptors (Lipinski definition) is 4. The van der Waals surface area contributed by atoms with Crippen LogP contribution in [0.2, 0.25) is 0 Å². The monoisotopic (exact) mass is 350 g/mol. The average Bonchev–Trinajstić information content (AvgIpc) is 2.62. The SMILES string of the molecule is Cc1cc(C)cc(Nc2nccc(C(=O)NCCC3=CCCCC3)n2)c1. The molecule has 1 heterocycles. The molecule has 1 aliphatic carbocycles. The smallest absolute Gasteiger partial charge is 0.270 e. The Balaban J connectivity index is 1.59. The minimum atomic E-state index is -0.160. The van der Waals surface area contributed by atoms with Crippen molar-refractivity contribution in [2.75, 3.05) is 11.9 Å². The fourth-order valence-corrected chi connectivity index (χ4v) is 3.28. The summed E-state index contributed by atoms with van der Waals surface area (Å²) in [5.74, 6) is 0.268. The summed E-state index contributed by atoms with van der Waals surface area (Å²) in [6.07, 6.45) is 9.72. The van der Waals surface area contributed by atoms with Crippen LogP contribution < -0.4 is 10.6 Å². The Morgan fingerprint density at radius 1 is 1.15 bits per heavy atom. The zero-order valence-electron chi connectivity index (χ0n) is 15.5. The number of rotatable bonds is 6. The van der Waals surface area contributed by atoms with Crippen LogP contribution in [0, 0.1) is 13.8 Å². The van der Waals surface area contributed by atoms with Crippen molar-refractivity contribution in [2.24, 2.45) is 0 Å². The fourth-order valence-electron chi connectivity index (χ4n) is 3.28. The third kappa shape index (κ3) is 5.15. The number of carbonyl (C=O) groups is 1. The Bertz CT molecular complexity index is 793. The van der Waals surface area contributed by atoms with E-state index in [4.69, 9.17) is 0 Å². The van der Waals surface area contributed by atoms with Crippen LogP contribution in [0.4, 0.5) is 11.6 Å². The minimum absolute atomic E-state index is 0.160. The Labute approximate surface area is 155 Å². The normalized spacial score (nSPS) is 13.8. The number of hydrogen-bond donors (Lipinski definition) is 2. The van der Waals surface area contributed by atoms with Gasteiger partial charge in [-0.1, -0.05) is 17.7 Å². The molecule has 0 spiro atoms. The van der Waals surface area contributed by atoms with Gasteiger partial charge in [0, 0.05) is 18.4 Å². The van der Waals surface area contributed by atoms with Crippen molar-refractivity contribution in [3.63, 3.8) is 0 Å². The molecule has 2 aromatic rings. The molecule has 0 fully saturated rings. The lowest BCUT2D eigenvalue weighted by Gasteiger charge is -2.13. The number of amides is 1. The summed E-state index contributed by atoms with van der Waals surface area (Å²) in [6, 6.07) is 7.81. The van der Waals surface area contributed by atoms with Gasteiger partial charge in [-0.25, -0.2) is 9.97 Å². The van der Waals surface area contributed by atoms with Crippen molar-refractivity contribution in [1.29, 1.82) is 0 Å². The van der Waals surface area contributed by atoms with Crippen LogP contribution in [0.1, 0.15) is 53.7 Å². The summed E-state index contributed by atoms with van der Waals surface area (Å²) in [5, 5.41) is 6.14. The lowest BCUT2D eigenvalue weighted by Crippen LogP contribution is -2.26. The second kappa shape index (κ2) is 8.61. The number of aromatic nitrogens is 2. The quantitative estimate of drug-likeness (QED) is 0.755. The van der Waals surface area contributed by atoms with Crippen LogP contribution in [0.3, 0.4) is 0 Å². The molecule has 136 valence electrons. The van der Waals surface area contributed by atoms with Gasteiger partial charge < -0.3 is 10.6 Å². The van der Waals surface area contributed by atoms with E-state index in [2.05, 4.69) is 32.7 Å². The molecule has 0 radical (unpaired) electrons. The lowest BCUT2D eigenvalue weighted by molar-refractivity contribution is 0.0949. The van der Waals surface area contributed by atoms with Crippen LogP contribution in [0.25, 0.3) is 0 Å². The van der Waals surface area contributed by atoms with E-state index in [0.29, 0.717) is 18.2 Å². The van der Waals surface area contributed by atoms with E-state index in [1.165, 1.54) is 36.0 Å². The highest BCUT2D eigenvalue weighted by atomic mass is 16.1. The van der Waals surface area contributed by atoms with E-state index >= 15 is 0 Å². The van der Waals surface area contributed by atoms with Crippen molar-refractivity contribution in [3.8, 4) is 0 Å². The molecule has 0 saturated heterocycles. The first-order valence-electron chi connectivity index (χ1n) is 9.24. The molecule has 2 N–H and O–H groups in total. The van der Waals surface area contributed by atoms with Gasteiger partial charge in [0.1, 0.15) is 5.69 Å². The molecule has 1 amide bonds. The second-order valence-electron chi connectivity index (χ2n) is 6.88. The summed E-state index contributed by atoms with van der Waals surface area (Å²) in [5.41, 5.74) is 5.09. The summed E-state index contributed by atoms with van der Waals surface area (Å²) in [6.45, 7) is 4.74. The van der Waals surface area contributed by atoms with Crippen molar-refractivity contribution >= 4 is 17.5 Å². The molecule has 5 heteroatoms. The maximum absolute atomic E-state index is 12.4. The molecule has 1 aromatic heterocycles. The van der Waals surface area contributed by atoms with E-state index in [1.807, 2.05) is 26.0 Å². The number of benzene rings is 1. The van der Waals surface area contributed by atoms with E-state index in [0.717, 1.165) is 18.5 Å². The van der Waals surface area contributed by atoms with Gasteiger partial charge in [-0.15, -0.1) is 0 Å². The number of nitrogens with one attached hydrogen (secondary N) is 2. The molecule has 5 nitrogen and oxygen atoms in total. The van der Waals surface area contributed by atoms with Crippen molar-refractivity contribution in [2.45, 2.75) is 46.0 Å². The zero-order chi connectivity index (χ0) is 18.4. The largest absolute Gasteiger partial charge is 0.350 e. The van der Waals surface area contributed by atoms with Crippen LogP contribution in [0.15, 0.2) is 42.1 Å². The topological polar surface area (TPSA) is 66.9 Å². The molecular weight excluding hydrogens is 324 g/mol. The van der Waals surface area contributed by atoms with E-state index in [1.54, 1.807) is 12.3 Å². The van der Waals surface area contributed by atoms with Gasteiger partial charge in [0.05, 0.1) is 0 Å². The third-order valence-electron chi connectivity index (χ3n) is 4.48. The highest BCUT2D eigenvalue weighted by Gasteiger charge is 2.10. The molecule has 0 atom stereocenters. The van der Waals surface area contributed by atoms with E-state index in [-0.39, 0.29) is 5.91 Å². The molecule has 1 aromatic carbocycles. The average molecular weight is 350 g/mol. The Morgan fingerprint density at radius 3 is 2.69 bits per heavy atom. The Kier molecular flexibility index (Phi) is 6.00. The number of anilines is 2. The number of allylic oxidation sites excluding steroid dienone is 1. The van der Waals surface area contributed by atoms with Gasteiger partial charge in [-0.05, 0) is 75.3 Å². The molecule has 0 bridgehead atoms. The third-order valence-corrected chi connectivity index (χ3v) is 4.48. The molecule has 0 unspecified atom stereocenters. The number of aryl methyl sites for hydroxylation is 2. The van der Waals surface area contributed by atoms with Gasteiger partial charge >= 0.3 is 0 Å². The molecule has 3 rings (SSSR count). The van der Waals surface area contributed by atoms with Crippen LogP contribution in [-0.4, -0.2) is 22.4 Å². The molecular formula is C21H26N4O. The molecule has 26 heavy (non-hydrogen) atoms. The standard InChI is InChI=1S/C21H26N4O/c1-15-12-16(2)14-18(13-15)24-21-23-11-9-19(25-21)20(26)22-10-8-17-6-4-3-5-7-17/h6,9,11-14H,3-5,7-8,10H2,1-2H3,(H,22,26)(H,23,24,25). The predicted molar refractivity (Wildman–Crippen MR) is 105 cm³/mol. The highest BCUT2D eigenvalue weighted by Crippen LogP contribution is 2.19. The van der Waals surface area contributed by atoms with E-state index in [9.17, 15) is 4.79 Å². The zero-order valence-corrected chi connectivity index (χ0v) is 15.5. The first-order valence-corrected chi connectivity index (χ1v) is 9.24. The number of carbonyl (C=O) groups excluding carboxylic acids is 1. The first-order chi connectivity index (χ1) is 12.6. The van der Waals surface area contributed by atoms with E-state index < -0.39 is 0 Å². The lowest BCUT2D eigenvalue weighted by atomic mass is 9.97. The van der Waals surface area contributed by atoms with Crippen LogP contribution >= 0.6 is 0 Å². The van der Waals surface area contributed by atoms with Gasteiger partial charge in [0.25, 0.3) is 5.91 Å². The molecule has 0 aliphatic heterocycles. The fraction of sp³-hybridized carbons (Fsp3) is 0.381. The minimum Gasteiger partial charge on any atom is -0.350 e. The van der Waals surface area contributed by atoms with Crippen LogP contribution in [0.5, 0.6) is 0 Å². The Morgan fingerprint density at radius 2 is 1.96 bits per heavy atom. The Hall–Kier alpha value is -2.69. The van der Waals surface area contributed by atoms with Gasteiger partial charge in [-0.2, -0.15) is 0 Å². The summed E-state index contributed by atoms with van der Waals surface area (Å²) < 4.78 is 0. The van der Waals surface area contributed by atoms with Gasteiger partial charge in [-0.3, -0.25) is 4.79 Å². The number of nitrogens with zero attached hydrogens (tertiary/aromatic N) is 2. The maximum atomic E-state index is 12.4. The molecule has 0 saturated carbocycles. The summed E-state index contributed by atoms with van der Waals surface area (Å²) >= 11 is 0. The summed E-state index contributed by atoms with van der Waals surface area (Å²) in [4.78, 5) is 20.9. The van der Waals surface area contributed by atoms with Gasteiger partial charge in [0.2, 0.25) is 5.95 Å². The summed E-state index contributed by atoms with van der Waals surface area (Å²) in [7, 11) is 0. The van der Waals surface area contributed by atoms with Crippen molar-refractivity contribution < 1.29 is 4.79 Å². The predicted octanol–water partition coefficient (Wildman–Crippen LogP) is 4.46. The van der Waals surface area contributed by atoms with Crippen molar-refractivity contribution in [1.82, 2.24) is 15.3 Å². The molecule has 1 aliphatic rings. The van der Waals surface area contributed by atoms with Gasteiger partial charge in [0.15, 0.2) is 0 Å². The highest BCUT2D eigenvalue weighted by molar-refractivity contribution is 5.92. The second-order valence-corrected chi connectivity index (χ2v) is 6.88. The van der Waals surface area contributed by atoms with Crippen LogP contribution in [-0.2, 0) is 0 Å².